The van der Waals surface area contributed by atoms with E-state index < -0.39 is 6.04 Å². The van der Waals surface area contributed by atoms with Gasteiger partial charge in [-0.3, -0.25) is 14.4 Å². The van der Waals surface area contributed by atoms with Crippen molar-refractivity contribution in [3.63, 3.8) is 0 Å². The molecular formula is C24H31N3O4. The van der Waals surface area contributed by atoms with Gasteiger partial charge in [0.2, 0.25) is 11.8 Å². The van der Waals surface area contributed by atoms with Crippen LogP contribution in [0.1, 0.15) is 48.4 Å². The summed E-state index contributed by atoms with van der Waals surface area (Å²) < 4.78 is 5.25. The summed E-state index contributed by atoms with van der Waals surface area (Å²) >= 11 is 0. The molecule has 0 radical (unpaired) electrons. The van der Waals surface area contributed by atoms with Gasteiger partial charge < -0.3 is 20.0 Å². The lowest BCUT2D eigenvalue weighted by Crippen LogP contribution is -2.55. The number of piperidine rings is 1. The lowest BCUT2D eigenvalue weighted by Gasteiger charge is -2.35. The normalized spacial score (nSPS) is 15.5. The van der Waals surface area contributed by atoms with E-state index in [1.807, 2.05) is 51.1 Å². The van der Waals surface area contributed by atoms with Crippen LogP contribution < -0.4 is 10.6 Å². The number of nitrogens with zero attached hydrogens (tertiary/aromatic N) is 1. The number of aryl methyl sites for hydroxylation is 1. The van der Waals surface area contributed by atoms with E-state index in [4.69, 9.17) is 4.42 Å². The maximum atomic E-state index is 13.1. The maximum absolute atomic E-state index is 13.1. The highest BCUT2D eigenvalue weighted by Gasteiger charge is 2.32. The van der Waals surface area contributed by atoms with Crippen molar-refractivity contribution in [1.82, 2.24) is 15.5 Å². The van der Waals surface area contributed by atoms with Crippen molar-refractivity contribution in [3.05, 3.63) is 59.5 Å². The molecule has 166 valence electrons. The SMILES string of the molecule is Cc1ccoc1C(=O)NC1CCN(C(=O)C(NC(=O)Cc2ccccc2)C(C)C)CC1. The molecule has 31 heavy (non-hydrogen) atoms. The molecule has 7 nitrogen and oxygen atoms in total. The number of likely N-dealkylation sites (tertiary alicyclic amines) is 1. The molecule has 1 fully saturated rings. The Morgan fingerprint density at radius 1 is 1.10 bits per heavy atom. The topological polar surface area (TPSA) is 91.7 Å². The van der Waals surface area contributed by atoms with Crippen LogP contribution in [0.3, 0.4) is 0 Å². The van der Waals surface area contributed by atoms with Gasteiger partial charge in [0.1, 0.15) is 6.04 Å². The van der Waals surface area contributed by atoms with E-state index in [0.29, 0.717) is 31.7 Å². The van der Waals surface area contributed by atoms with Crippen LogP contribution in [0.5, 0.6) is 0 Å². The Balaban J connectivity index is 1.51. The summed E-state index contributed by atoms with van der Waals surface area (Å²) in [6.45, 7) is 6.78. The van der Waals surface area contributed by atoms with E-state index in [2.05, 4.69) is 10.6 Å². The van der Waals surface area contributed by atoms with Gasteiger partial charge in [-0.05, 0) is 37.3 Å². The summed E-state index contributed by atoms with van der Waals surface area (Å²) in [6.07, 6.45) is 3.08. The van der Waals surface area contributed by atoms with Crippen LogP contribution in [0, 0.1) is 12.8 Å². The molecule has 2 aromatic rings. The van der Waals surface area contributed by atoms with Gasteiger partial charge in [0.05, 0.1) is 12.7 Å². The monoisotopic (exact) mass is 425 g/mol. The van der Waals surface area contributed by atoms with Crippen LogP contribution in [0.15, 0.2) is 47.1 Å². The highest BCUT2D eigenvalue weighted by Crippen LogP contribution is 2.16. The number of benzene rings is 1. The van der Waals surface area contributed by atoms with E-state index in [1.165, 1.54) is 6.26 Å². The smallest absolute Gasteiger partial charge is 0.287 e. The van der Waals surface area contributed by atoms with Crippen molar-refractivity contribution in [2.45, 2.75) is 52.1 Å². The van der Waals surface area contributed by atoms with Crippen LogP contribution in [0.25, 0.3) is 0 Å². The molecule has 2 heterocycles. The Bertz CT molecular complexity index is 899. The first-order valence-corrected chi connectivity index (χ1v) is 10.8. The van der Waals surface area contributed by atoms with Crippen LogP contribution in [0.2, 0.25) is 0 Å². The summed E-state index contributed by atoms with van der Waals surface area (Å²) in [5.74, 6) is -0.135. The van der Waals surface area contributed by atoms with Gasteiger partial charge in [-0.1, -0.05) is 44.2 Å². The van der Waals surface area contributed by atoms with E-state index in [1.54, 1.807) is 11.0 Å². The minimum absolute atomic E-state index is 0.00813. The van der Waals surface area contributed by atoms with Crippen LogP contribution in [0.4, 0.5) is 0 Å². The zero-order valence-corrected chi connectivity index (χ0v) is 18.4. The summed E-state index contributed by atoms with van der Waals surface area (Å²) in [7, 11) is 0. The molecule has 1 aliphatic heterocycles. The second-order valence-electron chi connectivity index (χ2n) is 8.46. The maximum Gasteiger partial charge on any atom is 0.287 e. The summed E-state index contributed by atoms with van der Waals surface area (Å²) in [4.78, 5) is 39.7. The predicted octanol–water partition coefficient (Wildman–Crippen LogP) is 2.69. The third kappa shape index (κ3) is 5.96. The van der Waals surface area contributed by atoms with Crippen LogP contribution >= 0.6 is 0 Å². The van der Waals surface area contributed by atoms with Gasteiger partial charge >= 0.3 is 0 Å². The average Bonchev–Trinajstić information content (AvgIpc) is 3.18. The molecule has 3 rings (SSSR count). The number of furan rings is 1. The molecule has 0 saturated carbocycles. The lowest BCUT2D eigenvalue weighted by atomic mass is 9.99. The molecule has 1 aromatic heterocycles. The van der Waals surface area contributed by atoms with Gasteiger partial charge in [0, 0.05) is 24.7 Å². The third-order valence-corrected chi connectivity index (χ3v) is 5.67. The molecule has 1 aromatic carbocycles. The highest BCUT2D eigenvalue weighted by molar-refractivity contribution is 5.93. The van der Waals surface area contributed by atoms with Crippen molar-refractivity contribution in [1.29, 1.82) is 0 Å². The van der Waals surface area contributed by atoms with Crippen molar-refractivity contribution >= 4 is 17.7 Å². The Morgan fingerprint density at radius 2 is 1.77 bits per heavy atom. The first-order chi connectivity index (χ1) is 14.8. The number of hydrogen-bond acceptors (Lipinski definition) is 4. The molecule has 1 unspecified atom stereocenters. The minimum Gasteiger partial charge on any atom is -0.459 e. The summed E-state index contributed by atoms with van der Waals surface area (Å²) in [6, 6.07) is 10.7. The van der Waals surface area contributed by atoms with E-state index in [9.17, 15) is 14.4 Å². The number of carbonyl (C=O) groups excluding carboxylic acids is 3. The number of hydrogen-bond donors (Lipinski definition) is 2. The second kappa shape index (κ2) is 10.3. The fourth-order valence-corrected chi connectivity index (χ4v) is 3.82. The zero-order valence-electron chi connectivity index (χ0n) is 18.4. The van der Waals surface area contributed by atoms with Crippen molar-refractivity contribution in [2.24, 2.45) is 5.92 Å². The summed E-state index contributed by atoms with van der Waals surface area (Å²) in [5.41, 5.74) is 1.72. The van der Waals surface area contributed by atoms with Crippen molar-refractivity contribution in [3.8, 4) is 0 Å². The first-order valence-electron chi connectivity index (χ1n) is 10.8. The lowest BCUT2D eigenvalue weighted by molar-refractivity contribution is -0.138. The standard InChI is InChI=1S/C24H31N3O4/c1-16(2)21(26-20(28)15-18-7-5-4-6-8-18)24(30)27-12-9-19(10-13-27)25-23(29)22-17(3)11-14-31-22/h4-8,11,14,16,19,21H,9-10,12-13,15H2,1-3H3,(H,25,29)(H,26,28). The van der Waals surface area contributed by atoms with Gasteiger partial charge in [-0.15, -0.1) is 0 Å². The predicted molar refractivity (Wildman–Crippen MR) is 117 cm³/mol. The quantitative estimate of drug-likeness (QED) is 0.714. The number of carbonyl (C=O) groups is 3. The fourth-order valence-electron chi connectivity index (χ4n) is 3.82. The molecule has 0 bridgehead atoms. The average molecular weight is 426 g/mol. The van der Waals surface area contributed by atoms with E-state index >= 15 is 0 Å². The van der Waals surface area contributed by atoms with Crippen molar-refractivity contribution < 1.29 is 18.8 Å². The zero-order chi connectivity index (χ0) is 22.4. The Hall–Kier alpha value is -3.09. The molecule has 1 atom stereocenters. The van der Waals surface area contributed by atoms with Gasteiger partial charge in [0.15, 0.2) is 5.76 Å². The third-order valence-electron chi connectivity index (χ3n) is 5.67. The molecule has 0 spiro atoms. The van der Waals surface area contributed by atoms with Crippen LogP contribution in [-0.2, 0) is 16.0 Å². The molecule has 2 N–H and O–H groups in total. The van der Waals surface area contributed by atoms with Gasteiger partial charge in [-0.25, -0.2) is 0 Å². The van der Waals surface area contributed by atoms with E-state index in [-0.39, 0.29) is 36.1 Å². The first kappa shape index (κ1) is 22.6. The van der Waals surface area contributed by atoms with Gasteiger partial charge in [0.25, 0.3) is 5.91 Å². The number of amides is 3. The Morgan fingerprint density at radius 3 is 2.35 bits per heavy atom. The second-order valence-corrected chi connectivity index (χ2v) is 8.46. The largest absolute Gasteiger partial charge is 0.459 e. The molecule has 7 heteroatoms. The minimum atomic E-state index is -0.562. The Kier molecular flexibility index (Phi) is 7.50. The van der Waals surface area contributed by atoms with E-state index in [0.717, 1.165) is 11.1 Å². The van der Waals surface area contributed by atoms with Gasteiger partial charge in [-0.2, -0.15) is 0 Å². The molecule has 1 aliphatic rings. The van der Waals surface area contributed by atoms with Crippen LogP contribution in [-0.4, -0.2) is 47.8 Å². The molecule has 3 amide bonds. The number of rotatable bonds is 7. The molecular weight excluding hydrogens is 394 g/mol. The Labute approximate surface area is 183 Å². The summed E-state index contributed by atoms with van der Waals surface area (Å²) in [5, 5.41) is 5.91. The van der Waals surface area contributed by atoms with Crippen molar-refractivity contribution in [2.75, 3.05) is 13.1 Å². The molecule has 1 saturated heterocycles. The highest BCUT2D eigenvalue weighted by atomic mass is 16.3. The molecule has 0 aliphatic carbocycles. The number of nitrogens with one attached hydrogen (secondary N) is 2. The fraction of sp³-hybridized carbons (Fsp3) is 0.458.